The van der Waals surface area contributed by atoms with Crippen molar-refractivity contribution in [3.8, 4) is 16.9 Å². The SMILES string of the molecule is CC[Si]1(C)c2c3c(c(O[Si](C)(C)C)c(C4=CC=CC4)c21)-c1ccccc1C3. The molecule has 138 valence electrons. The van der Waals surface area contributed by atoms with Crippen molar-refractivity contribution >= 4 is 32.3 Å². The number of hydrogen-bond donors (Lipinski definition) is 0. The molecule has 27 heavy (non-hydrogen) atoms. The van der Waals surface area contributed by atoms with Crippen LogP contribution in [0.3, 0.4) is 0 Å². The Hall–Kier alpha value is -1.85. The van der Waals surface area contributed by atoms with E-state index in [-0.39, 0.29) is 0 Å². The third-order valence-corrected chi connectivity index (χ3v) is 11.7. The Bertz CT molecular complexity index is 1040. The molecule has 1 unspecified atom stereocenters. The van der Waals surface area contributed by atoms with Crippen molar-refractivity contribution in [1.82, 2.24) is 0 Å². The lowest BCUT2D eigenvalue weighted by Crippen LogP contribution is -2.31. The van der Waals surface area contributed by atoms with Gasteiger partial charge in [-0.1, -0.05) is 62.0 Å². The Morgan fingerprint density at radius 2 is 1.85 bits per heavy atom. The third kappa shape index (κ3) is 2.41. The highest BCUT2D eigenvalue weighted by atomic mass is 28.4. The van der Waals surface area contributed by atoms with Crippen molar-refractivity contribution in [2.45, 2.75) is 52.0 Å². The monoisotopic (exact) mass is 388 g/mol. The molecule has 0 bridgehead atoms. The van der Waals surface area contributed by atoms with Crippen LogP contribution in [-0.4, -0.2) is 16.4 Å². The van der Waals surface area contributed by atoms with E-state index in [0.717, 1.165) is 12.8 Å². The molecular weight excluding hydrogens is 360 g/mol. The molecule has 1 atom stereocenters. The van der Waals surface area contributed by atoms with Crippen LogP contribution in [0, 0.1) is 0 Å². The fourth-order valence-electron chi connectivity index (χ4n) is 5.07. The molecule has 0 saturated heterocycles. The first-order chi connectivity index (χ1) is 12.8. The van der Waals surface area contributed by atoms with Gasteiger partial charge < -0.3 is 4.43 Å². The summed E-state index contributed by atoms with van der Waals surface area (Å²) in [5.41, 5.74) is 8.87. The average Bonchev–Trinajstić information content (AvgIpc) is 3.01. The van der Waals surface area contributed by atoms with Crippen molar-refractivity contribution in [2.75, 3.05) is 0 Å². The van der Waals surface area contributed by atoms with E-state index in [1.807, 2.05) is 0 Å². The van der Waals surface area contributed by atoms with E-state index in [4.69, 9.17) is 4.43 Å². The number of fused-ring (bicyclic) bond motifs is 5. The molecule has 0 radical (unpaired) electrons. The van der Waals surface area contributed by atoms with Crippen LogP contribution in [0.5, 0.6) is 5.75 Å². The summed E-state index contributed by atoms with van der Waals surface area (Å²) in [5.74, 6) is 1.22. The van der Waals surface area contributed by atoms with Gasteiger partial charge in [0.15, 0.2) is 0 Å². The van der Waals surface area contributed by atoms with Gasteiger partial charge in [0.1, 0.15) is 13.8 Å². The fourth-order valence-corrected chi connectivity index (χ4v) is 10.0. The lowest BCUT2D eigenvalue weighted by Gasteiger charge is -2.25. The van der Waals surface area contributed by atoms with Crippen LogP contribution in [0.15, 0.2) is 42.5 Å². The van der Waals surface area contributed by atoms with Crippen LogP contribution in [0.2, 0.25) is 32.2 Å². The van der Waals surface area contributed by atoms with Gasteiger partial charge in [-0.15, -0.1) is 0 Å². The zero-order valence-electron chi connectivity index (χ0n) is 17.1. The van der Waals surface area contributed by atoms with E-state index in [2.05, 4.69) is 75.6 Å². The summed E-state index contributed by atoms with van der Waals surface area (Å²) in [6, 6.07) is 10.3. The molecular formula is C24H28OSi2. The van der Waals surface area contributed by atoms with Gasteiger partial charge in [-0.3, -0.25) is 0 Å². The number of benzene rings is 2. The van der Waals surface area contributed by atoms with E-state index in [9.17, 15) is 0 Å². The summed E-state index contributed by atoms with van der Waals surface area (Å²) in [4.78, 5) is 0. The van der Waals surface area contributed by atoms with Crippen molar-refractivity contribution < 1.29 is 4.43 Å². The van der Waals surface area contributed by atoms with Crippen molar-refractivity contribution in [3.05, 3.63) is 59.2 Å². The van der Waals surface area contributed by atoms with Gasteiger partial charge in [0.2, 0.25) is 8.32 Å². The van der Waals surface area contributed by atoms with E-state index < -0.39 is 16.4 Å². The second-order valence-electron chi connectivity index (χ2n) is 9.37. The van der Waals surface area contributed by atoms with E-state index in [1.54, 1.807) is 15.9 Å². The van der Waals surface area contributed by atoms with Gasteiger partial charge in [-0.25, -0.2) is 0 Å². The Labute approximate surface area is 164 Å². The molecule has 0 amide bonds. The van der Waals surface area contributed by atoms with Crippen molar-refractivity contribution in [3.63, 3.8) is 0 Å². The minimum absolute atomic E-state index is 1.04. The van der Waals surface area contributed by atoms with Crippen molar-refractivity contribution in [2.24, 2.45) is 0 Å². The Balaban J connectivity index is 1.85. The molecule has 2 aromatic rings. The van der Waals surface area contributed by atoms with Crippen LogP contribution in [-0.2, 0) is 6.42 Å². The van der Waals surface area contributed by atoms with E-state index in [0.29, 0.717) is 0 Å². The maximum absolute atomic E-state index is 6.89. The maximum atomic E-state index is 6.89. The molecule has 5 rings (SSSR count). The molecule has 0 fully saturated rings. The van der Waals surface area contributed by atoms with Gasteiger partial charge in [-0.2, -0.15) is 0 Å². The summed E-state index contributed by atoms with van der Waals surface area (Å²) in [6.07, 6.45) is 8.96. The zero-order chi connectivity index (χ0) is 19.0. The van der Waals surface area contributed by atoms with Gasteiger partial charge in [0, 0.05) is 11.1 Å². The highest BCUT2D eigenvalue weighted by molar-refractivity contribution is 7.17. The average molecular weight is 389 g/mol. The van der Waals surface area contributed by atoms with Gasteiger partial charge in [0.05, 0.1) is 0 Å². The molecule has 1 nitrogen and oxygen atoms in total. The first-order valence-corrected chi connectivity index (χ1v) is 16.3. The highest BCUT2D eigenvalue weighted by Crippen LogP contribution is 2.50. The maximum Gasteiger partial charge on any atom is 0.242 e. The van der Waals surface area contributed by atoms with Crippen LogP contribution < -0.4 is 14.8 Å². The molecule has 2 aliphatic carbocycles. The molecule has 3 aliphatic rings. The smallest absolute Gasteiger partial charge is 0.242 e. The van der Waals surface area contributed by atoms with Gasteiger partial charge in [-0.05, 0) is 65.1 Å². The quantitative estimate of drug-likeness (QED) is 0.548. The number of allylic oxidation sites excluding steroid dienone is 4. The van der Waals surface area contributed by atoms with Crippen LogP contribution >= 0.6 is 0 Å². The fraction of sp³-hybridized carbons (Fsp3) is 0.333. The topological polar surface area (TPSA) is 9.23 Å². The molecule has 1 heterocycles. The largest absolute Gasteiger partial charge is 0.543 e. The zero-order valence-corrected chi connectivity index (χ0v) is 19.1. The first kappa shape index (κ1) is 17.3. The lowest BCUT2D eigenvalue weighted by atomic mass is 9.96. The minimum atomic E-state index is -1.73. The minimum Gasteiger partial charge on any atom is -0.543 e. The molecule has 0 saturated carbocycles. The van der Waals surface area contributed by atoms with Crippen LogP contribution in [0.1, 0.15) is 30.0 Å². The van der Waals surface area contributed by atoms with Gasteiger partial charge >= 0.3 is 0 Å². The van der Waals surface area contributed by atoms with E-state index >= 15 is 0 Å². The second-order valence-corrected chi connectivity index (χ2v) is 18.2. The molecule has 0 N–H and O–H groups in total. The molecule has 0 spiro atoms. The summed E-state index contributed by atoms with van der Waals surface area (Å²) in [7, 11) is -3.20. The third-order valence-electron chi connectivity index (χ3n) is 6.46. The second kappa shape index (κ2) is 5.58. The number of rotatable bonds is 4. The van der Waals surface area contributed by atoms with Crippen LogP contribution in [0.4, 0.5) is 0 Å². The predicted octanol–water partition coefficient (Wildman–Crippen LogP) is 5.34. The molecule has 0 aromatic heterocycles. The van der Waals surface area contributed by atoms with E-state index in [1.165, 1.54) is 39.6 Å². The number of hydrogen-bond acceptors (Lipinski definition) is 1. The summed E-state index contributed by atoms with van der Waals surface area (Å²) in [5, 5.41) is 3.46. The standard InChI is InChI=1S/C24H28OSi2/c1-6-27(5)23-19-15-17-13-9-10-14-18(17)21(19)22(25-26(2,3)4)20(24(23)27)16-11-7-8-12-16/h7-11,13-14H,6,12,15H2,1-5H3. The molecule has 3 heteroatoms. The van der Waals surface area contributed by atoms with Gasteiger partial charge in [0.25, 0.3) is 0 Å². The lowest BCUT2D eigenvalue weighted by molar-refractivity contribution is 0.558. The molecule has 1 aliphatic heterocycles. The Morgan fingerprint density at radius 1 is 1.07 bits per heavy atom. The Morgan fingerprint density at radius 3 is 2.52 bits per heavy atom. The van der Waals surface area contributed by atoms with Crippen molar-refractivity contribution in [1.29, 1.82) is 0 Å². The summed E-state index contributed by atoms with van der Waals surface area (Å²) >= 11 is 0. The highest BCUT2D eigenvalue weighted by Gasteiger charge is 2.54. The first-order valence-electron chi connectivity index (χ1n) is 10.2. The summed E-state index contributed by atoms with van der Waals surface area (Å²) < 4.78 is 6.89. The predicted molar refractivity (Wildman–Crippen MR) is 122 cm³/mol. The summed E-state index contributed by atoms with van der Waals surface area (Å²) in [6.45, 7) is 11.9. The normalized spacial score (nSPS) is 21.6. The molecule has 2 aromatic carbocycles. The van der Waals surface area contributed by atoms with Crippen LogP contribution in [0.25, 0.3) is 16.7 Å². The Kier molecular flexibility index (Phi) is 3.57.